The number of fused-ring (bicyclic) bond motifs is 2. The number of nitrogens with one attached hydrogen (secondary N) is 4. The van der Waals surface area contributed by atoms with Gasteiger partial charge < -0.3 is 56.4 Å². The van der Waals surface area contributed by atoms with Crippen LogP contribution in [-0.2, 0) is 37.0 Å². The number of nitrogens with zero attached hydrogens (tertiary/aromatic N) is 7. The van der Waals surface area contributed by atoms with Crippen LogP contribution in [0.4, 0.5) is 26.2 Å². The van der Waals surface area contributed by atoms with Crippen molar-refractivity contribution in [3.8, 4) is 0 Å². The number of halogens is 4. The summed E-state index contributed by atoms with van der Waals surface area (Å²) in [5.41, 5.74) is 14.7. The molecular weight excluding hydrogens is 1040 g/mol. The Labute approximate surface area is 367 Å². The van der Waals surface area contributed by atoms with Gasteiger partial charge in [0.05, 0.1) is 25.6 Å². The number of imidazole rings is 2. The third kappa shape index (κ3) is 13.5. The SMILES string of the molecule is Nc1ccn([C@@H]2O[C@H](CO)[C@@H](O)C2(F)F)c(=O)n1.Nc1nc(=S)c2[nH]cnc2[nH]1.O=C(O)CCCc1ccc(N(CCCl)CCCl)cc1.S=c1[nH]cnc2nc[nH]c12.[Pt]. The molecule has 6 aromatic rings. The normalized spacial score (nSPS) is 16.4. The van der Waals surface area contributed by atoms with Gasteiger partial charge in [0, 0.05) is 64.2 Å². The van der Waals surface area contributed by atoms with E-state index < -0.39 is 42.6 Å². The van der Waals surface area contributed by atoms with Gasteiger partial charge in [-0.2, -0.15) is 13.8 Å². The summed E-state index contributed by atoms with van der Waals surface area (Å²) in [6, 6.07) is 9.29. The number of benzene rings is 1. The number of hydrogen-bond donors (Lipinski definition) is 9. The number of aliphatic hydroxyl groups is 2. The zero-order chi connectivity index (χ0) is 42.4. The van der Waals surface area contributed by atoms with Crippen molar-refractivity contribution in [1.29, 1.82) is 0 Å². The average molecular weight is 1080 g/mol. The minimum atomic E-state index is -3.71. The van der Waals surface area contributed by atoms with Crippen LogP contribution >= 0.6 is 47.6 Å². The Morgan fingerprint density at radius 1 is 0.983 bits per heavy atom. The number of aliphatic hydroxyl groups excluding tert-OH is 2. The molecule has 1 fully saturated rings. The fourth-order valence-corrected chi connectivity index (χ4v) is 6.12. The number of carboxylic acid groups (broad SMARTS) is 1. The van der Waals surface area contributed by atoms with E-state index >= 15 is 0 Å². The van der Waals surface area contributed by atoms with Crippen molar-refractivity contribution < 1.29 is 54.7 Å². The molecule has 3 atom stereocenters. The van der Waals surface area contributed by atoms with Crippen LogP contribution in [0.3, 0.4) is 0 Å². The van der Waals surface area contributed by atoms with E-state index in [0.717, 1.165) is 48.5 Å². The van der Waals surface area contributed by atoms with Gasteiger partial charge in [-0.05, 0) is 36.6 Å². The van der Waals surface area contributed by atoms with Crippen LogP contribution in [0.1, 0.15) is 24.6 Å². The Hall–Kier alpha value is -4.48. The third-order valence-corrected chi connectivity index (χ3v) is 9.04. The van der Waals surface area contributed by atoms with E-state index in [1.165, 1.54) is 12.7 Å². The van der Waals surface area contributed by atoms with Crippen molar-refractivity contribution in [2.75, 3.05) is 47.8 Å². The van der Waals surface area contributed by atoms with Gasteiger partial charge in [-0.3, -0.25) is 9.36 Å². The van der Waals surface area contributed by atoms with E-state index in [9.17, 15) is 23.5 Å². The number of aryl methyl sites for hydroxylation is 1. The second-order valence-electron chi connectivity index (χ2n) is 12.0. The van der Waals surface area contributed by atoms with Crippen LogP contribution in [-0.4, -0.2) is 120 Å². The number of nitrogens with two attached hydrogens (primary N) is 2. The topological polar surface area (TPSA) is 292 Å². The molecule has 1 aliphatic rings. The molecule has 0 spiro atoms. The molecule has 1 aliphatic heterocycles. The van der Waals surface area contributed by atoms with Crippen LogP contribution in [0.15, 0.2) is 60.3 Å². The minimum absolute atomic E-state index is 0. The third-order valence-electron chi connectivity index (χ3n) is 8.08. The number of nitrogen functional groups attached to an aromatic ring is 2. The molecule has 11 N–H and O–H groups in total. The zero-order valence-corrected chi connectivity index (χ0v) is 36.0. The Bertz CT molecular complexity index is 2420. The van der Waals surface area contributed by atoms with Crippen molar-refractivity contribution in [3.05, 3.63) is 80.8 Å². The number of aromatic nitrogens is 10. The number of rotatable bonds is 11. The summed E-state index contributed by atoms with van der Waals surface area (Å²) < 4.78 is 33.8. The predicted molar refractivity (Wildman–Crippen MR) is 218 cm³/mol. The molecule has 26 heteroatoms. The largest absolute Gasteiger partial charge is 0.481 e. The summed E-state index contributed by atoms with van der Waals surface area (Å²) in [7, 11) is 0. The average Bonchev–Trinajstić information content (AvgIpc) is 3.92. The van der Waals surface area contributed by atoms with Crippen molar-refractivity contribution >= 4 is 93.4 Å². The first-order chi connectivity index (χ1) is 27.7. The minimum Gasteiger partial charge on any atom is -0.481 e. The molecule has 0 amide bonds. The summed E-state index contributed by atoms with van der Waals surface area (Å²) in [5.74, 6) is -3.15. The van der Waals surface area contributed by atoms with Gasteiger partial charge in [-0.25, -0.2) is 24.7 Å². The van der Waals surface area contributed by atoms with Crippen LogP contribution < -0.4 is 22.1 Å². The first kappa shape index (κ1) is 48.9. The van der Waals surface area contributed by atoms with Gasteiger partial charge in [0.25, 0.3) is 0 Å². The van der Waals surface area contributed by atoms with E-state index in [0.29, 0.717) is 48.8 Å². The molecule has 0 radical (unpaired) electrons. The predicted octanol–water partition coefficient (Wildman–Crippen LogP) is 3.70. The number of aliphatic carboxylic acids is 1. The van der Waals surface area contributed by atoms with Gasteiger partial charge in [0.1, 0.15) is 27.6 Å². The fourth-order valence-electron chi connectivity index (χ4n) is 5.26. The van der Waals surface area contributed by atoms with Crippen LogP contribution in [0.25, 0.3) is 22.3 Å². The maximum absolute atomic E-state index is 13.7. The second-order valence-corrected chi connectivity index (χ2v) is 13.6. The molecule has 5 aromatic heterocycles. The number of carbonyl (C=O) groups is 1. The molecule has 59 heavy (non-hydrogen) atoms. The molecule has 0 unspecified atom stereocenters. The Balaban J connectivity index is 0.000000215. The maximum Gasteiger partial charge on any atom is 0.351 e. The van der Waals surface area contributed by atoms with E-state index in [4.69, 9.17) is 74.1 Å². The standard InChI is InChI=1S/C14H19Cl2NO2.C9H11F2N3O4.C5H5N5S.C5H4N4S.Pt/c15-8-10-17(11-9-16)13-6-4-12(5-7-13)2-1-3-14(18)19;10-9(11)6(16)4(3-15)18-7(9)14-2-1-5(12)13-8(14)17;6-5-9-3-2(4(11)10-5)7-1-8-3;10-5-3-4(7-1-6-3)8-2-9-5;/h4-7H,1-3,8-11H2,(H,18,19);1-2,4,6-7,15-16H,3H2,(H2,12,13,17);1H,(H4,6,7,8,9,10,11);1-2H,(H2,6,7,8,9,10);/t;4-,6-,7-;;;/m.1.../s1. The van der Waals surface area contributed by atoms with Crippen molar-refractivity contribution in [1.82, 2.24) is 49.4 Å². The number of H-pyrrole nitrogens is 4. The van der Waals surface area contributed by atoms with Crippen molar-refractivity contribution in [3.63, 3.8) is 0 Å². The van der Waals surface area contributed by atoms with Crippen LogP contribution in [0.2, 0.25) is 0 Å². The molecule has 19 nitrogen and oxygen atoms in total. The van der Waals surface area contributed by atoms with Gasteiger partial charge in [-0.1, -0.05) is 36.6 Å². The van der Waals surface area contributed by atoms with Gasteiger partial charge >= 0.3 is 17.6 Å². The smallest absolute Gasteiger partial charge is 0.351 e. The number of alkyl halides is 4. The van der Waals surface area contributed by atoms with Gasteiger partial charge in [0.2, 0.25) is 12.2 Å². The summed E-state index contributed by atoms with van der Waals surface area (Å²) in [6.07, 6.45) is 1.63. The zero-order valence-electron chi connectivity index (χ0n) is 30.6. The Morgan fingerprint density at radius 3 is 2.19 bits per heavy atom. The van der Waals surface area contributed by atoms with Crippen molar-refractivity contribution in [2.45, 2.75) is 43.6 Å². The molecule has 0 bridgehead atoms. The van der Waals surface area contributed by atoms with Gasteiger partial charge in [-0.15, -0.1) is 23.2 Å². The molecule has 7 rings (SSSR count). The first-order valence-corrected chi connectivity index (χ1v) is 19.0. The quantitative estimate of drug-likeness (QED) is 0.0660. The van der Waals surface area contributed by atoms with Gasteiger partial charge in [0.15, 0.2) is 22.0 Å². The summed E-state index contributed by atoms with van der Waals surface area (Å²) in [4.78, 5) is 54.2. The maximum atomic E-state index is 13.7. The monoisotopic (exact) mass is 1080 g/mol. The first-order valence-electron chi connectivity index (χ1n) is 17.1. The van der Waals surface area contributed by atoms with Crippen LogP contribution in [0, 0.1) is 9.28 Å². The number of carboxylic acids is 1. The molecule has 6 heterocycles. The van der Waals surface area contributed by atoms with Crippen LogP contribution in [0.5, 0.6) is 0 Å². The molecular formula is C33H39Cl2F2N13O6PtS2. The van der Waals surface area contributed by atoms with E-state index in [1.807, 2.05) is 24.3 Å². The molecule has 0 aliphatic carbocycles. The van der Waals surface area contributed by atoms with E-state index in [2.05, 4.69) is 49.8 Å². The Kier molecular flexibility index (Phi) is 19.3. The second kappa shape index (κ2) is 23.3. The molecule has 322 valence electrons. The molecule has 1 saturated heterocycles. The molecule has 1 aromatic carbocycles. The van der Waals surface area contributed by atoms with E-state index in [-0.39, 0.29) is 39.3 Å². The number of hydrogen-bond acceptors (Lipinski definition) is 15. The summed E-state index contributed by atoms with van der Waals surface area (Å²) in [5, 5.41) is 26.7. The summed E-state index contributed by atoms with van der Waals surface area (Å²) >= 11 is 21.4. The fraction of sp³-hybridized carbons (Fsp3) is 0.364. The Morgan fingerprint density at radius 2 is 1.61 bits per heavy atom. The summed E-state index contributed by atoms with van der Waals surface area (Å²) in [6.45, 7) is 0.754. The van der Waals surface area contributed by atoms with Crippen molar-refractivity contribution in [2.24, 2.45) is 0 Å². The number of anilines is 3. The molecule has 0 saturated carbocycles. The number of aromatic amines is 4. The van der Waals surface area contributed by atoms with E-state index in [1.54, 1.807) is 6.33 Å². The number of ether oxygens (including phenoxy) is 1.